The Kier molecular flexibility index (Phi) is 6.74. The Hall–Kier alpha value is -2.63. The van der Waals surface area contributed by atoms with Gasteiger partial charge in [-0.1, -0.05) is 25.1 Å². The van der Waals surface area contributed by atoms with Crippen molar-refractivity contribution in [2.24, 2.45) is 10.7 Å². The van der Waals surface area contributed by atoms with Crippen LogP contribution in [-0.4, -0.2) is 26.2 Å². The molecular formula is C19H23F2N3O. The minimum absolute atomic E-state index is 0.192. The van der Waals surface area contributed by atoms with Crippen LogP contribution in [0.1, 0.15) is 24.0 Å². The number of rotatable bonds is 7. The predicted octanol–water partition coefficient (Wildman–Crippen LogP) is 3.22. The van der Waals surface area contributed by atoms with Gasteiger partial charge in [-0.15, -0.1) is 0 Å². The Morgan fingerprint density at radius 2 is 1.92 bits per heavy atom. The summed E-state index contributed by atoms with van der Waals surface area (Å²) in [7, 11) is 1.63. The molecule has 0 bridgehead atoms. The van der Waals surface area contributed by atoms with Crippen LogP contribution in [0.4, 0.5) is 8.78 Å². The monoisotopic (exact) mass is 347 g/mol. The molecule has 134 valence electrons. The molecule has 4 nitrogen and oxygen atoms in total. The van der Waals surface area contributed by atoms with E-state index in [0.717, 1.165) is 23.8 Å². The highest BCUT2D eigenvalue weighted by molar-refractivity contribution is 5.77. The minimum atomic E-state index is -0.586. The number of halogens is 2. The Balaban J connectivity index is 1.80. The highest BCUT2D eigenvalue weighted by atomic mass is 19.1. The summed E-state index contributed by atoms with van der Waals surface area (Å²) in [4.78, 5) is 4.23. The summed E-state index contributed by atoms with van der Waals surface area (Å²) >= 11 is 0. The van der Waals surface area contributed by atoms with Crippen molar-refractivity contribution in [2.45, 2.75) is 19.3 Å². The van der Waals surface area contributed by atoms with Crippen molar-refractivity contribution in [3.05, 3.63) is 65.2 Å². The summed E-state index contributed by atoms with van der Waals surface area (Å²) in [6.07, 6.45) is 0.794. The molecule has 0 saturated carbocycles. The fourth-order valence-corrected chi connectivity index (χ4v) is 2.42. The van der Waals surface area contributed by atoms with Crippen molar-refractivity contribution in [3.8, 4) is 5.75 Å². The van der Waals surface area contributed by atoms with E-state index in [1.54, 1.807) is 7.11 Å². The van der Waals surface area contributed by atoms with Crippen LogP contribution in [0.5, 0.6) is 5.75 Å². The molecule has 2 rings (SSSR count). The zero-order valence-corrected chi connectivity index (χ0v) is 14.4. The van der Waals surface area contributed by atoms with Gasteiger partial charge >= 0.3 is 0 Å². The zero-order valence-electron chi connectivity index (χ0n) is 14.4. The number of guanidine groups is 1. The van der Waals surface area contributed by atoms with Crippen molar-refractivity contribution >= 4 is 5.96 Å². The third-order valence-electron chi connectivity index (χ3n) is 3.91. The van der Waals surface area contributed by atoms with Crippen LogP contribution < -0.4 is 15.8 Å². The molecule has 0 spiro atoms. The molecule has 6 heteroatoms. The number of nitrogens with one attached hydrogen (secondary N) is 1. The standard InChI is InChI=1S/C19H23F2N3O/c1-13(17-8-5-15(20)11-18(17)21)12-24-19(22)23-10-9-14-3-6-16(25-2)7-4-14/h3-8,11,13H,9-10,12H2,1-2H3,(H3,22,23,24). The van der Waals surface area contributed by atoms with Gasteiger partial charge in [-0.3, -0.25) is 4.99 Å². The Morgan fingerprint density at radius 3 is 2.56 bits per heavy atom. The quantitative estimate of drug-likeness (QED) is 0.597. The van der Waals surface area contributed by atoms with Crippen molar-refractivity contribution in [1.29, 1.82) is 0 Å². The van der Waals surface area contributed by atoms with E-state index in [1.807, 2.05) is 31.2 Å². The summed E-state index contributed by atoms with van der Waals surface area (Å²) in [6.45, 7) is 2.79. The lowest BCUT2D eigenvalue weighted by atomic mass is 10.0. The number of benzene rings is 2. The maximum Gasteiger partial charge on any atom is 0.188 e. The van der Waals surface area contributed by atoms with Gasteiger partial charge in [0.2, 0.25) is 0 Å². The van der Waals surface area contributed by atoms with E-state index in [-0.39, 0.29) is 5.92 Å². The van der Waals surface area contributed by atoms with Gasteiger partial charge in [0.05, 0.1) is 7.11 Å². The number of hydrogen-bond acceptors (Lipinski definition) is 2. The van der Waals surface area contributed by atoms with Crippen molar-refractivity contribution in [1.82, 2.24) is 5.32 Å². The summed E-state index contributed by atoms with van der Waals surface area (Å²) in [5.41, 5.74) is 7.42. The Labute approximate surface area is 146 Å². The molecular weight excluding hydrogens is 324 g/mol. The lowest BCUT2D eigenvalue weighted by molar-refractivity contribution is 0.414. The predicted molar refractivity (Wildman–Crippen MR) is 96.0 cm³/mol. The van der Waals surface area contributed by atoms with Crippen LogP contribution in [0.25, 0.3) is 0 Å². The Bertz CT molecular complexity index is 717. The minimum Gasteiger partial charge on any atom is -0.497 e. The normalized spacial score (nSPS) is 12.7. The average Bonchev–Trinajstić information content (AvgIpc) is 2.60. The molecule has 0 aliphatic rings. The summed E-state index contributed by atoms with van der Waals surface area (Å²) < 4.78 is 31.8. The lowest BCUT2D eigenvalue weighted by Gasteiger charge is -2.11. The smallest absolute Gasteiger partial charge is 0.188 e. The number of hydrogen-bond donors (Lipinski definition) is 2. The van der Waals surface area contributed by atoms with Crippen LogP contribution in [0.2, 0.25) is 0 Å². The van der Waals surface area contributed by atoms with Gasteiger partial charge in [-0.05, 0) is 35.7 Å². The highest BCUT2D eigenvalue weighted by Gasteiger charge is 2.11. The van der Waals surface area contributed by atoms with E-state index in [9.17, 15) is 8.78 Å². The number of ether oxygens (including phenoxy) is 1. The van der Waals surface area contributed by atoms with Gasteiger partial charge in [0.15, 0.2) is 5.96 Å². The van der Waals surface area contributed by atoms with E-state index in [1.165, 1.54) is 12.1 Å². The first-order valence-electron chi connectivity index (χ1n) is 8.11. The van der Waals surface area contributed by atoms with Gasteiger partial charge in [0.1, 0.15) is 17.4 Å². The molecule has 2 aromatic carbocycles. The van der Waals surface area contributed by atoms with Gasteiger partial charge < -0.3 is 15.8 Å². The number of nitrogens with two attached hydrogens (primary N) is 1. The van der Waals surface area contributed by atoms with Crippen LogP contribution in [0, 0.1) is 11.6 Å². The van der Waals surface area contributed by atoms with Crippen LogP contribution >= 0.6 is 0 Å². The Morgan fingerprint density at radius 1 is 1.20 bits per heavy atom. The molecule has 0 aliphatic heterocycles. The van der Waals surface area contributed by atoms with Gasteiger partial charge in [-0.25, -0.2) is 8.78 Å². The molecule has 25 heavy (non-hydrogen) atoms. The summed E-state index contributed by atoms with van der Waals surface area (Å²) in [5.74, 6) is -0.212. The lowest BCUT2D eigenvalue weighted by Crippen LogP contribution is -2.33. The molecule has 0 amide bonds. The highest BCUT2D eigenvalue weighted by Crippen LogP contribution is 2.20. The average molecular weight is 347 g/mol. The largest absolute Gasteiger partial charge is 0.497 e. The van der Waals surface area contributed by atoms with Crippen LogP contribution in [0.3, 0.4) is 0 Å². The second-order valence-electron chi connectivity index (χ2n) is 5.82. The molecule has 2 aromatic rings. The van der Waals surface area contributed by atoms with E-state index >= 15 is 0 Å². The van der Waals surface area contributed by atoms with Gasteiger partial charge in [-0.2, -0.15) is 0 Å². The first kappa shape index (κ1) is 18.7. The molecule has 0 radical (unpaired) electrons. The molecule has 1 atom stereocenters. The van der Waals surface area contributed by atoms with E-state index < -0.39 is 11.6 Å². The maximum absolute atomic E-state index is 13.7. The van der Waals surface area contributed by atoms with Gasteiger partial charge in [0.25, 0.3) is 0 Å². The molecule has 0 aliphatic carbocycles. The summed E-state index contributed by atoms with van der Waals surface area (Å²) in [6, 6.07) is 11.4. The SMILES string of the molecule is COc1ccc(CCNC(N)=NCC(C)c2ccc(F)cc2F)cc1. The number of methoxy groups -OCH3 is 1. The third kappa shape index (κ3) is 5.74. The maximum atomic E-state index is 13.7. The molecule has 1 unspecified atom stereocenters. The third-order valence-corrected chi connectivity index (χ3v) is 3.91. The zero-order chi connectivity index (χ0) is 18.2. The fourth-order valence-electron chi connectivity index (χ4n) is 2.42. The summed E-state index contributed by atoms with van der Waals surface area (Å²) in [5, 5.41) is 3.03. The first-order chi connectivity index (χ1) is 12.0. The molecule has 0 heterocycles. The van der Waals surface area contributed by atoms with Crippen LogP contribution in [-0.2, 0) is 6.42 Å². The fraction of sp³-hybridized carbons (Fsp3) is 0.316. The molecule has 0 aromatic heterocycles. The first-order valence-corrected chi connectivity index (χ1v) is 8.11. The van der Waals surface area contributed by atoms with Gasteiger partial charge in [0, 0.05) is 25.1 Å². The second kappa shape index (κ2) is 9.01. The topological polar surface area (TPSA) is 59.6 Å². The van der Waals surface area contributed by atoms with Crippen molar-refractivity contribution < 1.29 is 13.5 Å². The molecule has 0 fully saturated rings. The van der Waals surface area contributed by atoms with Crippen LogP contribution in [0.15, 0.2) is 47.5 Å². The number of nitrogens with zero attached hydrogens (tertiary/aromatic N) is 1. The van der Waals surface area contributed by atoms with Crippen molar-refractivity contribution in [2.75, 3.05) is 20.2 Å². The van der Waals surface area contributed by atoms with E-state index in [4.69, 9.17) is 10.5 Å². The van der Waals surface area contributed by atoms with E-state index in [2.05, 4.69) is 10.3 Å². The molecule has 0 saturated heterocycles. The number of aliphatic imine (C=N–C) groups is 1. The second-order valence-corrected chi connectivity index (χ2v) is 5.82. The molecule has 3 N–H and O–H groups in total. The van der Waals surface area contributed by atoms with Crippen molar-refractivity contribution in [3.63, 3.8) is 0 Å². The van der Waals surface area contributed by atoms with E-state index in [0.29, 0.717) is 24.6 Å².